The first-order chi connectivity index (χ1) is 16.8. The van der Waals surface area contributed by atoms with Crippen LogP contribution in [0.25, 0.3) is 6.08 Å². The number of ether oxygens (including phenoxy) is 2. The van der Waals surface area contributed by atoms with Gasteiger partial charge in [0.2, 0.25) is 0 Å². The van der Waals surface area contributed by atoms with Crippen LogP contribution >= 0.6 is 11.3 Å². The van der Waals surface area contributed by atoms with Crippen LogP contribution in [0.5, 0.6) is 5.75 Å². The predicted octanol–water partition coefficient (Wildman–Crippen LogP) is 2.90. The van der Waals surface area contributed by atoms with Gasteiger partial charge in [0.1, 0.15) is 5.75 Å². The molecule has 35 heavy (non-hydrogen) atoms. The summed E-state index contributed by atoms with van der Waals surface area (Å²) in [5.41, 5.74) is 2.06. The van der Waals surface area contributed by atoms with Crippen LogP contribution in [0.3, 0.4) is 0 Å². The molecule has 2 heterocycles. The molecular weight excluding hydrogens is 468 g/mol. The van der Waals surface area contributed by atoms with Crippen molar-refractivity contribution >= 4 is 29.4 Å². The molecule has 0 spiro atoms. The van der Waals surface area contributed by atoms with Crippen molar-refractivity contribution in [1.82, 2.24) is 4.57 Å². The number of aromatic carboxylic acids is 1. The van der Waals surface area contributed by atoms with Crippen LogP contribution in [-0.2, 0) is 9.53 Å². The highest BCUT2D eigenvalue weighted by atomic mass is 32.1. The number of carbonyl (C=O) groups excluding carboxylic acids is 1. The molecule has 1 aliphatic heterocycles. The van der Waals surface area contributed by atoms with Gasteiger partial charge in [0.15, 0.2) is 4.80 Å². The SMILES string of the molecule is CCOC(=O)C1=C(C)N=c2s/c(=C/c3ccc(C(=O)O)cc3)c(=O)n2C1c1ccc(OCC)cc1. The highest BCUT2D eigenvalue weighted by molar-refractivity contribution is 7.07. The van der Waals surface area contributed by atoms with Crippen molar-refractivity contribution in [3.05, 3.63) is 96.2 Å². The van der Waals surface area contributed by atoms with Crippen LogP contribution in [0.4, 0.5) is 0 Å². The molecule has 4 rings (SSSR count). The normalized spacial score (nSPS) is 15.4. The molecular formula is C26H24N2O6S. The Hall–Kier alpha value is -3.98. The molecule has 8 nitrogen and oxygen atoms in total. The minimum atomic E-state index is -1.02. The molecule has 1 N–H and O–H groups in total. The summed E-state index contributed by atoms with van der Waals surface area (Å²) < 4.78 is 12.8. The number of nitrogens with zero attached hydrogens (tertiary/aromatic N) is 2. The van der Waals surface area contributed by atoms with Gasteiger partial charge in [-0.1, -0.05) is 35.6 Å². The van der Waals surface area contributed by atoms with Gasteiger partial charge in [0.05, 0.1) is 40.6 Å². The third kappa shape index (κ3) is 4.81. The van der Waals surface area contributed by atoms with Crippen LogP contribution in [0, 0.1) is 0 Å². The molecule has 9 heteroatoms. The van der Waals surface area contributed by atoms with Crippen molar-refractivity contribution in [1.29, 1.82) is 0 Å². The highest BCUT2D eigenvalue weighted by Crippen LogP contribution is 2.31. The topological polar surface area (TPSA) is 107 Å². The van der Waals surface area contributed by atoms with Gasteiger partial charge in [-0.15, -0.1) is 0 Å². The first-order valence-electron chi connectivity index (χ1n) is 11.1. The minimum Gasteiger partial charge on any atom is -0.494 e. The molecule has 0 amide bonds. The van der Waals surface area contributed by atoms with Gasteiger partial charge >= 0.3 is 11.9 Å². The van der Waals surface area contributed by atoms with Crippen molar-refractivity contribution in [3.8, 4) is 5.75 Å². The summed E-state index contributed by atoms with van der Waals surface area (Å²) in [5, 5.41) is 9.11. The molecule has 3 aromatic rings. The van der Waals surface area contributed by atoms with Crippen LogP contribution in [-0.4, -0.2) is 34.8 Å². The number of fused-ring (bicyclic) bond motifs is 1. The van der Waals surface area contributed by atoms with Gasteiger partial charge in [0, 0.05) is 0 Å². The number of hydrogen-bond donors (Lipinski definition) is 1. The van der Waals surface area contributed by atoms with E-state index in [0.717, 1.165) is 5.56 Å². The summed E-state index contributed by atoms with van der Waals surface area (Å²) >= 11 is 1.21. The van der Waals surface area contributed by atoms with Crippen molar-refractivity contribution in [2.75, 3.05) is 13.2 Å². The third-order valence-corrected chi connectivity index (χ3v) is 6.46. The number of aromatic nitrogens is 1. The van der Waals surface area contributed by atoms with E-state index in [2.05, 4.69) is 4.99 Å². The maximum absolute atomic E-state index is 13.6. The lowest BCUT2D eigenvalue weighted by Gasteiger charge is -2.24. The smallest absolute Gasteiger partial charge is 0.338 e. The Morgan fingerprint density at radius 1 is 1.09 bits per heavy atom. The summed E-state index contributed by atoms with van der Waals surface area (Å²) in [7, 11) is 0. The van der Waals surface area contributed by atoms with Crippen molar-refractivity contribution in [2.24, 2.45) is 4.99 Å². The molecule has 0 saturated heterocycles. The highest BCUT2D eigenvalue weighted by Gasteiger charge is 2.33. The van der Waals surface area contributed by atoms with Gasteiger partial charge < -0.3 is 14.6 Å². The van der Waals surface area contributed by atoms with E-state index in [1.807, 2.05) is 19.1 Å². The maximum Gasteiger partial charge on any atom is 0.338 e. The molecule has 0 bridgehead atoms. The monoisotopic (exact) mass is 492 g/mol. The number of allylic oxidation sites excluding steroid dienone is 1. The Labute approximate surface area is 205 Å². The molecule has 2 aromatic carbocycles. The van der Waals surface area contributed by atoms with Gasteiger partial charge in [-0.05, 0) is 62.2 Å². The fourth-order valence-electron chi connectivity index (χ4n) is 3.89. The molecule has 180 valence electrons. The van der Waals surface area contributed by atoms with E-state index in [1.54, 1.807) is 44.2 Å². The van der Waals surface area contributed by atoms with Gasteiger partial charge in [-0.2, -0.15) is 0 Å². The number of thiazole rings is 1. The number of benzene rings is 2. The fraction of sp³-hybridized carbons (Fsp3) is 0.231. The number of esters is 1. The number of carboxylic acids is 1. The number of rotatable bonds is 7. The second-order valence-electron chi connectivity index (χ2n) is 7.73. The molecule has 1 unspecified atom stereocenters. The first-order valence-corrected chi connectivity index (χ1v) is 11.9. The van der Waals surface area contributed by atoms with Crippen LogP contribution in [0.1, 0.15) is 48.3 Å². The molecule has 1 aliphatic rings. The van der Waals surface area contributed by atoms with E-state index >= 15 is 0 Å². The Bertz CT molecular complexity index is 1480. The van der Waals surface area contributed by atoms with Crippen molar-refractivity contribution < 1.29 is 24.2 Å². The Balaban J connectivity index is 1.88. The molecule has 1 aromatic heterocycles. The molecule has 1 atom stereocenters. The minimum absolute atomic E-state index is 0.161. The number of hydrogen-bond acceptors (Lipinski definition) is 7. The summed E-state index contributed by atoms with van der Waals surface area (Å²) in [6.45, 7) is 6.07. The lowest BCUT2D eigenvalue weighted by molar-refractivity contribution is -0.139. The largest absolute Gasteiger partial charge is 0.494 e. The zero-order chi connectivity index (χ0) is 25.1. The Morgan fingerprint density at radius 2 is 1.77 bits per heavy atom. The summed E-state index contributed by atoms with van der Waals surface area (Å²) in [6.07, 6.45) is 1.69. The lowest BCUT2D eigenvalue weighted by Crippen LogP contribution is -2.39. The number of carboxylic acid groups (broad SMARTS) is 1. The third-order valence-electron chi connectivity index (χ3n) is 5.48. The standard InChI is InChI=1S/C26H24N2O6S/c1-4-33-19-12-10-17(11-13-19)22-21(25(32)34-5-2)15(3)27-26-28(22)23(29)20(35-26)14-16-6-8-18(9-7-16)24(30)31/h6-14,22H,4-5H2,1-3H3,(H,30,31)/b20-14+. The quantitative estimate of drug-likeness (QED) is 0.509. The summed E-state index contributed by atoms with van der Waals surface area (Å²) in [6, 6.07) is 12.8. The van der Waals surface area contributed by atoms with E-state index < -0.39 is 18.0 Å². The van der Waals surface area contributed by atoms with Crippen LogP contribution in [0.2, 0.25) is 0 Å². The fourth-order valence-corrected chi connectivity index (χ4v) is 4.94. The van der Waals surface area contributed by atoms with E-state index in [9.17, 15) is 14.4 Å². The second kappa shape index (κ2) is 10.1. The van der Waals surface area contributed by atoms with Gasteiger partial charge in [0.25, 0.3) is 5.56 Å². The average molecular weight is 493 g/mol. The van der Waals surface area contributed by atoms with Crippen molar-refractivity contribution in [3.63, 3.8) is 0 Å². The zero-order valence-electron chi connectivity index (χ0n) is 19.5. The van der Waals surface area contributed by atoms with Gasteiger partial charge in [-0.3, -0.25) is 9.36 Å². The van der Waals surface area contributed by atoms with Crippen molar-refractivity contribution in [2.45, 2.75) is 26.8 Å². The maximum atomic E-state index is 13.6. The van der Waals surface area contributed by atoms with E-state index in [4.69, 9.17) is 14.6 Å². The first kappa shape index (κ1) is 24.2. The lowest BCUT2D eigenvalue weighted by atomic mass is 9.96. The number of carbonyl (C=O) groups is 2. The summed E-state index contributed by atoms with van der Waals surface area (Å²) in [5.74, 6) is -0.855. The van der Waals surface area contributed by atoms with Crippen LogP contribution in [0.15, 0.2) is 69.6 Å². The van der Waals surface area contributed by atoms with E-state index in [0.29, 0.717) is 38.5 Å². The molecule has 0 saturated carbocycles. The molecule has 0 radical (unpaired) electrons. The predicted molar refractivity (Wildman–Crippen MR) is 131 cm³/mol. The van der Waals surface area contributed by atoms with E-state index in [1.165, 1.54) is 28.0 Å². The second-order valence-corrected chi connectivity index (χ2v) is 8.74. The van der Waals surface area contributed by atoms with E-state index in [-0.39, 0.29) is 17.7 Å². The molecule has 0 aliphatic carbocycles. The van der Waals surface area contributed by atoms with Crippen LogP contribution < -0.4 is 19.6 Å². The summed E-state index contributed by atoms with van der Waals surface area (Å²) in [4.78, 5) is 42.6. The molecule has 0 fully saturated rings. The van der Waals surface area contributed by atoms with Gasteiger partial charge in [-0.25, -0.2) is 14.6 Å². The zero-order valence-corrected chi connectivity index (χ0v) is 20.3. The Morgan fingerprint density at radius 3 is 2.37 bits per heavy atom. The Kier molecular flexibility index (Phi) is 6.97. The average Bonchev–Trinajstić information content (AvgIpc) is 3.13.